The number of aryl methyl sites for hydroxylation is 2. The van der Waals surface area contributed by atoms with Crippen molar-refractivity contribution in [1.29, 1.82) is 0 Å². The highest BCUT2D eigenvalue weighted by Crippen LogP contribution is 2.40. The summed E-state index contributed by atoms with van der Waals surface area (Å²) in [6.45, 7) is 4.35. The normalized spacial score (nSPS) is 29.9. The SMILES string of the molecule is Cc1ccccc1-c1noc(C)c1COC1C[C@H]2CC[C@@H](C1)N2c1ccc(C(=O)O[C@@H]2O[C@H](C(=O)O)[C@@H](O)[C@H](O)[C@H]2O)cn1. The number of aromatic nitrogens is 2. The number of carbonyl (C=O) groups excluding carboxylic acids is 1. The number of benzene rings is 1. The molecule has 3 aliphatic heterocycles. The second-order valence-corrected chi connectivity index (χ2v) is 11.6. The van der Waals surface area contributed by atoms with Gasteiger partial charge in [-0.05, 0) is 57.2 Å². The molecule has 3 aromatic rings. The molecule has 234 valence electrons. The van der Waals surface area contributed by atoms with Crippen molar-refractivity contribution in [2.75, 3.05) is 4.90 Å². The lowest BCUT2D eigenvalue weighted by molar-refractivity contribution is -0.278. The van der Waals surface area contributed by atoms with Gasteiger partial charge in [-0.1, -0.05) is 29.4 Å². The third-order valence-corrected chi connectivity index (χ3v) is 8.82. The zero-order valence-corrected chi connectivity index (χ0v) is 24.3. The molecule has 5 heterocycles. The van der Waals surface area contributed by atoms with Crippen LogP contribution in [0.4, 0.5) is 5.82 Å². The number of fused-ring (bicyclic) bond motifs is 2. The topological polar surface area (TPSA) is 185 Å². The largest absolute Gasteiger partial charge is 0.479 e. The minimum absolute atomic E-state index is 0.0520. The van der Waals surface area contributed by atoms with Crippen LogP contribution in [0, 0.1) is 13.8 Å². The van der Waals surface area contributed by atoms with Crippen molar-refractivity contribution in [2.45, 2.75) is 95.0 Å². The molecule has 0 aliphatic carbocycles. The standard InChI is InChI=1S/C31H35N3O10/c1-15-5-3-4-6-21(15)24-22(16(2)44-33-24)14-41-20-11-18-8-9-19(12-20)34(18)23-10-7-17(13-32-23)30(40)43-31-27(37)25(35)26(36)28(42-31)29(38)39/h3-7,10,13,18-20,25-28,31,35-37H,8-9,11-12,14H2,1-2H3,(H,38,39)/t18-,19+,20?,25-,26-,27+,28-,31-/m0/s1. The van der Waals surface area contributed by atoms with E-state index >= 15 is 0 Å². The second kappa shape index (κ2) is 12.3. The molecular weight excluding hydrogens is 574 g/mol. The van der Waals surface area contributed by atoms with Gasteiger partial charge in [0.2, 0.25) is 6.29 Å². The molecule has 6 rings (SSSR count). The summed E-state index contributed by atoms with van der Waals surface area (Å²) in [5.41, 5.74) is 3.96. The molecule has 3 fully saturated rings. The molecule has 0 amide bonds. The summed E-state index contributed by atoms with van der Waals surface area (Å²) in [5, 5.41) is 43.4. The average Bonchev–Trinajstić information content (AvgIpc) is 3.51. The van der Waals surface area contributed by atoms with Gasteiger partial charge in [0.15, 0.2) is 6.10 Å². The molecule has 1 aromatic carbocycles. The predicted molar refractivity (Wildman–Crippen MR) is 152 cm³/mol. The third kappa shape index (κ3) is 5.69. The van der Waals surface area contributed by atoms with Crippen LogP contribution in [0.3, 0.4) is 0 Å². The van der Waals surface area contributed by atoms with Crippen LogP contribution in [0.1, 0.15) is 52.9 Å². The summed E-state index contributed by atoms with van der Waals surface area (Å²) >= 11 is 0. The van der Waals surface area contributed by atoms with Crippen molar-refractivity contribution in [1.82, 2.24) is 10.1 Å². The number of aliphatic carboxylic acids is 1. The quantitative estimate of drug-likeness (QED) is 0.273. The number of piperidine rings is 1. The fourth-order valence-corrected chi connectivity index (χ4v) is 6.43. The molecule has 13 nitrogen and oxygen atoms in total. The first kappa shape index (κ1) is 30.2. The van der Waals surface area contributed by atoms with Gasteiger partial charge in [0.25, 0.3) is 0 Å². The van der Waals surface area contributed by atoms with Crippen molar-refractivity contribution in [3.8, 4) is 11.3 Å². The minimum atomic E-state index is -1.88. The summed E-state index contributed by atoms with van der Waals surface area (Å²) in [6, 6.07) is 11.7. The number of ether oxygens (including phenoxy) is 3. The van der Waals surface area contributed by atoms with Gasteiger partial charge in [-0.2, -0.15) is 0 Å². The summed E-state index contributed by atoms with van der Waals surface area (Å²) in [5.74, 6) is -1.04. The van der Waals surface area contributed by atoms with Crippen LogP contribution < -0.4 is 4.90 Å². The van der Waals surface area contributed by atoms with Gasteiger partial charge < -0.3 is 44.1 Å². The fraction of sp³-hybridized carbons (Fsp3) is 0.484. The van der Waals surface area contributed by atoms with Gasteiger partial charge in [0, 0.05) is 29.4 Å². The van der Waals surface area contributed by atoms with E-state index < -0.39 is 42.6 Å². The Labute approximate surface area is 253 Å². The lowest BCUT2D eigenvalue weighted by Crippen LogP contribution is -2.60. The number of carboxylic acid groups (broad SMARTS) is 1. The molecule has 1 unspecified atom stereocenters. The minimum Gasteiger partial charge on any atom is -0.479 e. The van der Waals surface area contributed by atoms with E-state index in [0.29, 0.717) is 12.4 Å². The first-order chi connectivity index (χ1) is 21.1. The van der Waals surface area contributed by atoms with Crippen LogP contribution in [0.2, 0.25) is 0 Å². The van der Waals surface area contributed by atoms with Gasteiger partial charge in [0.1, 0.15) is 35.6 Å². The van der Waals surface area contributed by atoms with E-state index in [2.05, 4.69) is 15.0 Å². The lowest BCUT2D eigenvalue weighted by atomic mass is 9.99. The first-order valence-corrected chi connectivity index (χ1v) is 14.6. The summed E-state index contributed by atoms with van der Waals surface area (Å²) in [6.07, 6.45) is -4.22. The van der Waals surface area contributed by atoms with E-state index in [9.17, 15) is 30.0 Å². The Hall–Kier alpha value is -3.88. The van der Waals surface area contributed by atoms with Gasteiger partial charge in [0.05, 0.1) is 18.3 Å². The molecule has 3 aliphatic rings. The van der Waals surface area contributed by atoms with Crippen LogP contribution in [-0.4, -0.2) is 91.4 Å². The third-order valence-electron chi connectivity index (χ3n) is 8.82. The molecule has 2 aromatic heterocycles. The van der Waals surface area contributed by atoms with E-state index in [1.165, 1.54) is 12.3 Å². The van der Waals surface area contributed by atoms with Crippen LogP contribution in [-0.2, 0) is 25.6 Å². The highest BCUT2D eigenvalue weighted by Gasteiger charge is 2.49. The van der Waals surface area contributed by atoms with Crippen molar-refractivity contribution in [2.24, 2.45) is 0 Å². The summed E-state index contributed by atoms with van der Waals surface area (Å²) in [7, 11) is 0. The van der Waals surface area contributed by atoms with Gasteiger partial charge in [-0.25, -0.2) is 14.6 Å². The van der Waals surface area contributed by atoms with Gasteiger partial charge >= 0.3 is 11.9 Å². The number of anilines is 1. The van der Waals surface area contributed by atoms with E-state index in [1.807, 2.05) is 38.1 Å². The Morgan fingerprint density at radius 2 is 1.73 bits per heavy atom. The number of hydrogen-bond acceptors (Lipinski definition) is 12. The van der Waals surface area contributed by atoms with E-state index in [0.717, 1.165) is 53.8 Å². The number of aliphatic hydroxyl groups excluding tert-OH is 3. The number of nitrogens with zero attached hydrogens (tertiary/aromatic N) is 3. The Morgan fingerprint density at radius 1 is 1.00 bits per heavy atom. The Morgan fingerprint density at radius 3 is 2.39 bits per heavy atom. The second-order valence-electron chi connectivity index (χ2n) is 11.6. The summed E-state index contributed by atoms with van der Waals surface area (Å²) in [4.78, 5) is 30.8. The first-order valence-electron chi connectivity index (χ1n) is 14.6. The highest BCUT2D eigenvalue weighted by molar-refractivity contribution is 5.89. The maximum absolute atomic E-state index is 12.7. The number of rotatable bonds is 8. The monoisotopic (exact) mass is 609 g/mol. The van der Waals surface area contributed by atoms with Crippen molar-refractivity contribution < 1.29 is 48.7 Å². The number of carboxylic acids is 1. The van der Waals surface area contributed by atoms with E-state index in [-0.39, 0.29) is 23.8 Å². The van der Waals surface area contributed by atoms with Crippen LogP contribution in [0.15, 0.2) is 47.1 Å². The zero-order chi connectivity index (χ0) is 31.1. The Kier molecular flexibility index (Phi) is 8.40. The number of esters is 1. The average molecular weight is 610 g/mol. The van der Waals surface area contributed by atoms with Crippen molar-refractivity contribution in [3.05, 3.63) is 65.0 Å². The molecule has 8 atom stereocenters. The van der Waals surface area contributed by atoms with Crippen LogP contribution in [0.5, 0.6) is 0 Å². The maximum atomic E-state index is 12.7. The lowest BCUT2D eigenvalue weighted by Gasteiger charge is -2.39. The maximum Gasteiger partial charge on any atom is 0.342 e. The zero-order valence-electron chi connectivity index (χ0n) is 24.3. The molecule has 0 spiro atoms. The molecule has 2 bridgehead atoms. The molecule has 13 heteroatoms. The van der Waals surface area contributed by atoms with E-state index in [4.69, 9.17) is 18.7 Å². The molecule has 0 saturated carbocycles. The molecular formula is C31H35N3O10. The predicted octanol–water partition coefficient (Wildman–Crippen LogP) is 2.12. The number of carbonyl (C=O) groups is 2. The molecule has 3 saturated heterocycles. The van der Waals surface area contributed by atoms with Gasteiger partial charge in [-0.15, -0.1) is 0 Å². The number of pyridine rings is 1. The number of hydrogen-bond donors (Lipinski definition) is 4. The van der Waals surface area contributed by atoms with E-state index in [1.54, 1.807) is 6.07 Å². The van der Waals surface area contributed by atoms with Crippen LogP contribution in [0.25, 0.3) is 11.3 Å². The van der Waals surface area contributed by atoms with Crippen LogP contribution >= 0.6 is 0 Å². The van der Waals surface area contributed by atoms with Crippen molar-refractivity contribution >= 4 is 17.8 Å². The Bertz CT molecular complexity index is 1500. The summed E-state index contributed by atoms with van der Waals surface area (Å²) < 4.78 is 22.1. The molecule has 4 N–H and O–H groups in total. The highest BCUT2D eigenvalue weighted by atomic mass is 16.7. The fourth-order valence-electron chi connectivity index (χ4n) is 6.43. The van der Waals surface area contributed by atoms with Crippen molar-refractivity contribution in [3.63, 3.8) is 0 Å². The molecule has 44 heavy (non-hydrogen) atoms. The van der Waals surface area contributed by atoms with Gasteiger partial charge in [-0.3, -0.25) is 0 Å². The number of aliphatic hydroxyl groups is 3. The Balaban J connectivity index is 1.07. The molecule has 0 radical (unpaired) electrons. The smallest absolute Gasteiger partial charge is 0.342 e.